The third-order valence-electron chi connectivity index (χ3n) is 1.85. The molecular formula is C11H14O4. The molecular weight excluding hydrogens is 196 g/mol. The minimum Gasteiger partial charge on any atom is -0.478 e. The molecule has 0 spiro atoms. The van der Waals surface area contributed by atoms with Crippen LogP contribution in [0.25, 0.3) is 0 Å². The molecule has 1 aromatic carbocycles. The second kappa shape index (κ2) is 6.03. The number of benzene rings is 1. The predicted octanol–water partition coefficient (Wildman–Crippen LogP) is 2.50. The molecule has 0 aliphatic heterocycles. The summed E-state index contributed by atoms with van der Waals surface area (Å²) in [5.41, 5.74) is 0.106. The molecule has 4 nitrogen and oxygen atoms in total. The molecule has 4 heteroatoms. The van der Waals surface area contributed by atoms with Gasteiger partial charge in [-0.2, -0.15) is 4.89 Å². The average Bonchev–Trinajstić information content (AvgIpc) is 2.25. The molecule has 0 fully saturated rings. The van der Waals surface area contributed by atoms with Crippen molar-refractivity contribution in [3.05, 3.63) is 29.8 Å². The molecule has 15 heavy (non-hydrogen) atoms. The lowest BCUT2D eigenvalue weighted by Crippen LogP contribution is -2.04. The van der Waals surface area contributed by atoms with E-state index in [-0.39, 0.29) is 11.3 Å². The summed E-state index contributed by atoms with van der Waals surface area (Å²) in [6.07, 6.45) is 1.89. The number of carboxylic acid groups (broad SMARTS) is 1. The summed E-state index contributed by atoms with van der Waals surface area (Å²) in [5.74, 6) is -0.786. The van der Waals surface area contributed by atoms with Crippen LogP contribution in [0.5, 0.6) is 5.75 Å². The number of hydrogen-bond acceptors (Lipinski definition) is 3. The molecule has 0 aliphatic rings. The van der Waals surface area contributed by atoms with Crippen LogP contribution in [0, 0.1) is 0 Å². The zero-order valence-corrected chi connectivity index (χ0v) is 8.60. The molecule has 0 aromatic heterocycles. The zero-order chi connectivity index (χ0) is 11.1. The first-order valence-corrected chi connectivity index (χ1v) is 4.87. The topological polar surface area (TPSA) is 55.8 Å². The van der Waals surface area contributed by atoms with Crippen molar-refractivity contribution in [2.75, 3.05) is 6.61 Å². The Morgan fingerprint density at radius 1 is 1.40 bits per heavy atom. The highest BCUT2D eigenvalue weighted by atomic mass is 17.2. The maximum Gasteiger partial charge on any atom is 0.339 e. The lowest BCUT2D eigenvalue weighted by Gasteiger charge is -2.06. The molecule has 1 N–H and O–H groups in total. The van der Waals surface area contributed by atoms with Gasteiger partial charge in [-0.1, -0.05) is 25.5 Å². The maximum atomic E-state index is 10.8. The number of unbranched alkanes of at least 4 members (excludes halogenated alkanes) is 1. The molecule has 82 valence electrons. The largest absolute Gasteiger partial charge is 0.478 e. The van der Waals surface area contributed by atoms with Gasteiger partial charge in [0, 0.05) is 0 Å². The SMILES string of the molecule is CCCCOOc1ccccc1C(=O)O. The van der Waals surface area contributed by atoms with Crippen LogP contribution in [0.3, 0.4) is 0 Å². The molecule has 0 aliphatic carbocycles. The van der Waals surface area contributed by atoms with Gasteiger partial charge < -0.3 is 9.99 Å². The average molecular weight is 210 g/mol. The van der Waals surface area contributed by atoms with Gasteiger partial charge in [0.25, 0.3) is 0 Å². The summed E-state index contributed by atoms with van der Waals surface area (Å²) in [5, 5.41) is 8.83. The first kappa shape index (κ1) is 11.5. The molecule has 1 rings (SSSR count). The molecule has 0 saturated carbocycles. The number of rotatable bonds is 6. The fraction of sp³-hybridized carbons (Fsp3) is 0.364. The first-order valence-electron chi connectivity index (χ1n) is 4.87. The molecule has 0 heterocycles. The molecule has 0 atom stereocenters. The standard InChI is InChI=1S/C11H14O4/c1-2-3-8-14-15-10-7-5-4-6-9(10)11(12)13/h4-7H,2-3,8H2,1H3,(H,12,13). The van der Waals surface area contributed by atoms with E-state index in [2.05, 4.69) is 0 Å². The highest BCUT2D eigenvalue weighted by Crippen LogP contribution is 2.17. The van der Waals surface area contributed by atoms with E-state index >= 15 is 0 Å². The lowest BCUT2D eigenvalue weighted by molar-refractivity contribution is -0.207. The van der Waals surface area contributed by atoms with Crippen LogP contribution in [-0.4, -0.2) is 17.7 Å². The number of hydrogen-bond donors (Lipinski definition) is 1. The lowest BCUT2D eigenvalue weighted by atomic mass is 10.2. The fourth-order valence-corrected chi connectivity index (χ4v) is 1.02. The zero-order valence-electron chi connectivity index (χ0n) is 8.60. The van der Waals surface area contributed by atoms with Crippen LogP contribution < -0.4 is 4.89 Å². The Balaban J connectivity index is 2.56. The molecule has 0 radical (unpaired) electrons. The third kappa shape index (κ3) is 3.59. The normalized spacial score (nSPS) is 9.93. The van der Waals surface area contributed by atoms with Crippen molar-refractivity contribution >= 4 is 5.97 Å². The van der Waals surface area contributed by atoms with Crippen LogP contribution >= 0.6 is 0 Å². The van der Waals surface area contributed by atoms with Gasteiger partial charge in [0.2, 0.25) is 0 Å². The van der Waals surface area contributed by atoms with E-state index in [1.165, 1.54) is 6.07 Å². The highest BCUT2D eigenvalue weighted by molar-refractivity contribution is 5.90. The fourth-order valence-electron chi connectivity index (χ4n) is 1.02. The number of para-hydroxylation sites is 1. The van der Waals surface area contributed by atoms with E-state index < -0.39 is 5.97 Å². The maximum absolute atomic E-state index is 10.8. The number of carboxylic acids is 1. The van der Waals surface area contributed by atoms with Gasteiger partial charge in [0.05, 0.1) is 6.61 Å². The van der Waals surface area contributed by atoms with Gasteiger partial charge in [0.1, 0.15) is 5.56 Å². The Hall–Kier alpha value is -1.55. The molecule has 0 amide bonds. The van der Waals surface area contributed by atoms with Crippen LogP contribution in [0.2, 0.25) is 0 Å². The Bertz CT molecular complexity index is 322. The van der Waals surface area contributed by atoms with Crippen molar-refractivity contribution in [1.82, 2.24) is 0 Å². The van der Waals surface area contributed by atoms with E-state index in [0.717, 1.165) is 12.8 Å². The molecule has 0 bridgehead atoms. The van der Waals surface area contributed by atoms with Crippen molar-refractivity contribution in [3.8, 4) is 5.75 Å². The minimum absolute atomic E-state index is 0.106. The Morgan fingerprint density at radius 3 is 2.80 bits per heavy atom. The molecule has 1 aromatic rings. The van der Waals surface area contributed by atoms with E-state index in [9.17, 15) is 4.79 Å². The summed E-state index contributed by atoms with van der Waals surface area (Å²) in [7, 11) is 0. The van der Waals surface area contributed by atoms with Crippen molar-refractivity contribution < 1.29 is 19.7 Å². The Kier molecular flexibility index (Phi) is 4.63. The van der Waals surface area contributed by atoms with Gasteiger partial charge >= 0.3 is 5.97 Å². The number of aromatic carboxylic acids is 1. The van der Waals surface area contributed by atoms with Gasteiger partial charge in [-0.3, -0.25) is 0 Å². The summed E-state index contributed by atoms with van der Waals surface area (Å²) in [6.45, 7) is 2.50. The van der Waals surface area contributed by atoms with Gasteiger partial charge in [-0.25, -0.2) is 4.79 Å². The third-order valence-corrected chi connectivity index (χ3v) is 1.85. The molecule has 0 saturated heterocycles. The van der Waals surface area contributed by atoms with Crippen LogP contribution in [-0.2, 0) is 4.89 Å². The predicted molar refractivity (Wildman–Crippen MR) is 54.9 cm³/mol. The van der Waals surface area contributed by atoms with Crippen molar-refractivity contribution in [3.63, 3.8) is 0 Å². The van der Waals surface area contributed by atoms with Crippen molar-refractivity contribution in [1.29, 1.82) is 0 Å². The second-order valence-electron chi connectivity index (χ2n) is 3.06. The van der Waals surface area contributed by atoms with E-state index in [1.54, 1.807) is 18.2 Å². The highest BCUT2D eigenvalue weighted by Gasteiger charge is 2.10. The Labute approximate surface area is 88.4 Å². The summed E-state index contributed by atoms with van der Waals surface area (Å²) < 4.78 is 0. The Morgan fingerprint density at radius 2 is 2.13 bits per heavy atom. The number of carbonyl (C=O) groups is 1. The molecule has 0 unspecified atom stereocenters. The minimum atomic E-state index is -1.02. The van der Waals surface area contributed by atoms with Crippen molar-refractivity contribution in [2.24, 2.45) is 0 Å². The summed E-state index contributed by atoms with van der Waals surface area (Å²) in [4.78, 5) is 20.6. The smallest absolute Gasteiger partial charge is 0.339 e. The van der Waals surface area contributed by atoms with Crippen LogP contribution in [0.15, 0.2) is 24.3 Å². The van der Waals surface area contributed by atoms with Crippen molar-refractivity contribution in [2.45, 2.75) is 19.8 Å². The van der Waals surface area contributed by atoms with E-state index in [1.807, 2.05) is 6.92 Å². The van der Waals surface area contributed by atoms with Gasteiger partial charge in [-0.05, 0) is 18.6 Å². The monoisotopic (exact) mass is 210 g/mol. The van der Waals surface area contributed by atoms with Crippen LogP contribution in [0.1, 0.15) is 30.1 Å². The van der Waals surface area contributed by atoms with E-state index in [0.29, 0.717) is 6.61 Å². The van der Waals surface area contributed by atoms with Gasteiger partial charge in [-0.15, -0.1) is 0 Å². The van der Waals surface area contributed by atoms with E-state index in [4.69, 9.17) is 14.9 Å². The van der Waals surface area contributed by atoms with Crippen LogP contribution in [0.4, 0.5) is 0 Å². The second-order valence-corrected chi connectivity index (χ2v) is 3.06. The summed E-state index contributed by atoms with van der Waals surface area (Å²) in [6, 6.07) is 6.38. The quantitative estimate of drug-likeness (QED) is 0.445. The van der Waals surface area contributed by atoms with Gasteiger partial charge in [0.15, 0.2) is 5.75 Å². The summed E-state index contributed by atoms with van der Waals surface area (Å²) >= 11 is 0. The first-order chi connectivity index (χ1) is 7.25.